The average Bonchev–Trinajstić information content (AvgIpc) is 2.58. The summed E-state index contributed by atoms with van der Waals surface area (Å²) >= 11 is 7.68. The lowest BCUT2D eigenvalue weighted by Gasteiger charge is -2.06. The first kappa shape index (κ1) is 12.4. The number of benzene rings is 1. The fraction of sp³-hybridized carbons (Fsp3) is 0.308. The van der Waals surface area contributed by atoms with Crippen LogP contribution in [0.4, 0.5) is 10.8 Å². The van der Waals surface area contributed by atoms with Crippen LogP contribution in [-0.2, 0) is 0 Å². The average molecular weight is 267 g/mol. The quantitative estimate of drug-likeness (QED) is 0.807. The first-order valence-electron chi connectivity index (χ1n) is 5.51. The Morgan fingerprint density at radius 3 is 2.35 bits per heavy atom. The highest BCUT2D eigenvalue weighted by atomic mass is 35.5. The van der Waals surface area contributed by atoms with Crippen molar-refractivity contribution in [2.45, 2.75) is 26.1 Å². The number of thiazole rings is 1. The van der Waals surface area contributed by atoms with Gasteiger partial charge in [-0.3, -0.25) is 0 Å². The Morgan fingerprint density at radius 2 is 1.88 bits per heavy atom. The zero-order chi connectivity index (χ0) is 12.4. The fourth-order valence-corrected chi connectivity index (χ4v) is 2.46. The van der Waals surface area contributed by atoms with Crippen LogP contribution in [0.1, 0.15) is 28.4 Å². The van der Waals surface area contributed by atoms with Crippen molar-refractivity contribution in [3.8, 4) is 0 Å². The molecule has 1 atom stereocenters. The number of hydrogen-bond acceptors (Lipinski definition) is 3. The fourth-order valence-electron chi connectivity index (χ4n) is 1.48. The maximum atomic E-state index is 6.01. The molecule has 1 aromatic carbocycles. The lowest BCUT2D eigenvalue weighted by molar-refractivity contribution is 1.08. The summed E-state index contributed by atoms with van der Waals surface area (Å²) in [6.45, 7) is 6.07. The van der Waals surface area contributed by atoms with E-state index in [0.29, 0.717) is 0 Å². The molecule has 1 N–H and O–H groups in total. The molecule has 17 heavy (non-hydrogen) atoms. The largest absolute Gasteiger partial charge is 0.332 e. The molecule has 0 saturated heterocycles. The molecule has 0 saturated carbocycles. The SMILES string of the molecule is Cc1nc(Nc2ccc(C(C)Cl)cc2)sc1C. The van der Waals surface area contributed by atoms with Gasteiger partial charge in [-0.15, -0.1) is 22.9 Å². The third-order valence-electron chi connectivity index (χ3n) is 2.65. The van der Waals surface area contributed by atoms with E-state index in [4.69, 9.17) is 11.6 Å². The van der Waals surface area contributed by atoms with Gasteiger partial charge in [-0.05, 0) is 38.5 Å². The highest BCUT2D eigenvalue weighted by Crippen LogP contribution is 2.26. The van der Waals surface area contributed by atoms with E-state index in [1.54, 1.807) is 11.3 Å². The van der Waals surface area contributed by atoms with Crippen molar-refractivity contribution in [2.75, 3.05) is 5.32 Å². The van der Waals surface area contributed by atoms with Crippen LogP contribution in [0.25, 0.3) is 0 Å². The number of anilines is 2. The molecule has 0 fully saturated rings. The van der Waals surface area contributed by atoms with Crippen LogP contribution in [0.2, 0.25) is 0 Å². The molecule has 0 aliphatic heterocycles. The Labute approximate surface area is 111 Å². The number of hydrogen-bond donors (Lipinski definition) is 1. The Balaban J connectivity index is 2.13. The van der Waals surface area contributed by atoms with Gasteiger partial charge in [-0.1, -0.05) is 12.1 Å². The number of halogens is 1. The number of aryl methyl sites for hydroxylation is 2. The molecular weight excluding hydrogens is 252 g/mol. The summed E-state index contributed by atoms with van der Waals surface area (Å²) in [7, 11) is 0. The maximum Gasteiger partial charge on any atom is 0.187 e. The van der Waals surface area contributed by atoms with Gasteiger partial charge >= 0.3 is 0 Å². The van der Waals surface area contributed by atoms with Gasteiger partial charge in [0.25, 0.3) is 0 Å². The summed E-state index contributed by atoms with van der Waals surface area (Å²) in [4.78, 5) is 5.69. The Bertz CT molecular complexity index is 483. The molecule has 1 unspecified atom stereocenters. The Kier molecular flexibility index (Phi) is 3.69. The molecule has 0 amide bonds. The molecule has 0 bridgehead atoms. The molecule has 2 aromatic rings. The van der Waals surface area contributed by atoms with E-state index in [2.05, 4.69) is 17.2 Å². The van der Waals surface area contributed by atoms with Crippen LogP contribution in [-0.4, -0.2) is 4.98 Å². The minimum Gasteiger partial charge on any atom is -0.332 e. The van der Waals surface area contributed by atoms with E-state index < -0.39 is 0 Å². The molecule has 2 rings (SSSR count). The molecule has 0 aliphatic rings. The van der Waals surface area contributed by atoms with Crippen molar-refractivity contribution in [3.05, 3.63) is 40.4 Å². The van der Waals surface area contributed by atoms with Crippen LogP contribution in [0, 0.1) is 13.8 Å². The van der Waals surface area contributed by atoms with Gasteiger partial charge in [0.1, 0.15) is 0 Å². The molecule has 0 radical (unpaired) electrons. The summed E-state index contributed by atoms with van der Waals surface area (Å²) in [5, 5.41) is 4.28. The second-order valence-corrected chi connectivity index (χ2v) is 5.88. The molecule has 90 valence electrons. The number of alkyl halides is 1. The summed E-state index contributed by atoms with van der Waals surface area (Å²) in [6.07, 6.45) is 0. The van der Waals surface area contributed by atoms with Crippen LogP contribution in [0.5, 0.6) is 0 Å². The van der Waals surface area contributed by atoms with Crippen molar-refractivity contribution in [2.24, 2.45) is 0 Å². The summed E-state index contributed by atoms with van der Waals surface area (Å²) in [5.41, 5.74) is 3.26. The highest BCUT2D eigenvalue weighted by Gasteiger charge is 2.04. The van der Waals surface area contributed by atoms with Crippen molar-refractivity contribution >= 4 is 33.8 Å². The third-order valence-corrected chi connectivity index (χ3v) is 3.89. The summed E-state index contributed by atoms with van der Waals surface area (Å²) in [5.74, 6) is 0. The maximum absolute atomic E-state index is 6.01. The van der Waals surface area contributed by atoms with E-state index >= 15 is 0 Å². The van der Waals surface area contributed by atoms with E-state index in [-0.39, 0.29) is 5.38 Å². The minimum atomic E-state index is 0.0494. The van der Waals surface area contributed by atoms with Crippen molar-refractivity contribution in [1.29, 1.82) is 0 Å². The van der Waals surface area contributed by atoms with Crippen molar-refractivity contribution in [3.63, 3.8) is 0 Å². The smallest absolute Gasteiger partial charge is 0.187 e. The van der Waals surface area contributed by atoms with Gasteiger partial charge in [-0.2, -0.15) is 0 Å². The zero-order valence-corrected chi connectivity index (χ0v) is 11.7. The lowest BCUT2D eigenvalue weighted by atomic mass is 10.1. The van der Waals surface area contributed by atoms with Gasteiger partial charge in [0.15, 0.2) is 5.13 Å². The molecule has 2 nitrogen and oxygen atoms in total. The predicted molar refractivity (Wildman–Crippen MR) is 75.6 cm³/mol. The van der Waals surface area contributed by atoms with E-state index in [9.17, 15) is 0 Å². The van der Waals surface area contributed by atoms with Crippen LogP contribution < -0.4 is 5.32 Å². The monoisotopic (exact) mass is 266 g/mol. The topological polar surface area (TPSA) is 24.9 Å². The second kappa shape index (κ2) is 5.07. The van der Waals surface area contributed by atoms with Gasteiger partial charge in [0, 0.05) is 10.6 Å². The number of rotatable bonds is 3. The Hall–Kier alpha value is -1.06. The predicted octanol–water partition coefficient (Wildman–Crippen LogP) is 4.80. The van der Waals surface area contributed by atoms with Crippen molar-refractivity contribution in [1.82, 2.24) is 4.98 Å². The van der Waals surface area contributed by atoms with E-state index in [1.165, 1.54) is 4.88 Å². The summed E-state index contributed by atoms with van der Waals surface area (Å²) < 4.78 is 0. The normalized spacial score (nSPS) is 12.5. The first-order chi connectivity index (χ1) is 8.06. The van der Waals surface area contributed by atoms with Gasteiger partial charge < -0.3 is 5.32 Å². The van der Waals surface area contributed by atoms with Gasteiger partial charge in [0.05, 0.1) is 11.1 Å². The molecule has 0 aliphatic carbocycles. The number of aromatic nitrogens is 1. The molecule has 0 spiro atoms. The van der Waals surface area contributed by atoms with Crippen LogP contribution >= 0.6 is 22.9 Å². The van der Waals surface area contributed by atoms with Crippen LogP contribution in [0.3, 0.4) is 0 Å². The Morgan fingerprint density at radius 1 is 1.24 bits per heavy atom. The van der Waals surface area contributed by atoms with E-state index in [0.717, 1.165) is 22.1 Å². The van der Waals surface area contributed by atoms with Crippen LogP contribution in [0.15, 0.2) is 24.3 Å². The van der Waals surface area contributed by atoms with Gasteiger partial charge in [0.2, 0.25) is 0 Å². The molecule has 4 heteroatoms. The van der Waals surface area contributed by atoms with Gasteiger partial charge in [-0.25, -0.2) is 4.98 Å². The lowest BCUT2D eigenvalue weighted by Crippen LogP contribution is -1.90. The molecule has 1 heterocycles. The summed E-state index contributed by atoms with van der Waals surface area (Å²) in [6, 6.07) is 8.13. The standard InChI is InChI=1S/C13H15ClN2S/c1-8(14)11-4-6-12(7-5-11)16-13-15-9(2)10(3)17-13/h4-8H,1-3H3,(H,15,16). The van der Waals surface area contributed by atoms with Crippen molar-refractivity contribution < 1.29 is 0 Å². The third kappa shape index (κ3) is 2.99. The number of nitrogens with one attached hydrogen (secondary N) is 1. The zero-order valence-electron chi connectivity index (χ0n) is 10.1. The molecular formula is C13H15ClN2S. The number of nitrogens with zero attached hydrogens (tertiary/aromatic N) is 1. The minimum absolute atomic E-state index is 0.0494. The highest BCUT2D eigenvalue weighted by molar-refractivity contribution is 7.15. The molecule has 1 aromatic heterocycles. The van der Waals surface area contributed by atoms with E-state index in [1.807, 2.05) is 38.1 Å². The second-order valence-electron chi connectivity index (χ2n) is 4.02. The first-order valence-corrected chi connectivity index (χ1v) is 6.76.